The molecule has 0 amide bonds. The van der Waals surface area contributed by atoms with Gasteiger partial charge in [0, 0.05) is 0 Å². The molecule has 8 heteroatoms. The summed E-state index contributed by atoms with van der Waals surface area (Å²) in [5.41, 5.74) is 2.44. The lowest BCUT2D eigenvalue weighted by atomic mass is 9.95. The number of nitrogens with zero attached hydrogens (tertiary/aromatic N) is 2. The van der Waals surface area contributed by atoms with E-state index in [4.69, 9.17) is 9.47 Å². The Bertz CT molecular complexity index is 1300. The van der Waals surface area contributed by atoms with Crippen molar-refractivity contribution in [1.82, 2.24) is 4.57 Å². The second-order valence-electron chi connectivity index (χ2n) is 6.64. The van der Waals surface area contributed by atoms with Gasteiger partial charge in [-0.15, -0.1) is 0 Å². The van der Waals surface area contributed by atoms with Crippen LogP contribution in [0.25, 0.3) is 6.08 Å². The molecular weight excluding hydrogens is 420 g/mol. The molecule has 1 aliphatic heterocycles. The van der Waals surface area contributed by atoms with Crippen LogP contribution < -0.4 is 19.6 Å². The third-order valence-corrected chi connectivity index (χ3v) is 6.45. The maximum atomic E-state index is 13.4. The standard InChI is InChI=1S/C22H20N2O4S2/c1-4-28-21(26)18-13(2)23-22-24(19(18)15-6-5-7-16(11-15)27-3)20(25)17(30-22)10-14-8-9-29-12-14/h5-12,19H,4H2,1-3H3/b17-10+/t19-/m0/s1. The quantitative estimate of drug-likeness (QED) is 0.572. The highest BCUT2D eigenvalue weighted by atomic mass is 32.1. The van der Waals surface area contributed by atoms with E-state index in [0.717, 1.165) is 11.1 Å². The van der Waals surface area contributed by atoms with Gasteiger partial charge in [0.2, 0.25) is 0 Å². The SMILES string of the molecule is CCOC(=O)C1=C(C)N=c2s/c(=C/c3ccsc3)c(=O)n2[C@H]1c1cccc(OC)c1. The van der Waals surface area contributed by atoms with Crippen molar-refractivity contribution < 1.29 is 14.3 Å². The summed E-state index contributed by atoms with van der Waals surface area (Å²) < 4.78 is 12.8. The number of aromatic nitrogens is 1. The summed E-state index contributed by atoms with van der Waals surface area (Å²) in [4.78, 5) is 31.4. The molecule has 30 heavy (non-hydrogen) atoms. The summed E-state index contributed by atoms with van der Waals surface area (Å²) in [7, 11) is 1.58. The monoisotopic (exact) mass is 440 g/mol. The maximum absolute atomic E-state index is 13.4. The summed E-state index contributed by atoms with van der Waals surface area (Å²) in [6.45, 7) is 3.77. The molecule has 0 bridgehead atoms. The number of methoxy groups -OCH3 is 1. The smallest absolute Gasteiger partial charge is 0.338 e. The number of allylic oxidation sites excluding steroid dienone is 1. The van der Waals surface area contributed by atoms with Gasteiger partial charge in [-0.3, -0.25) is 9.36 Å². The van der Waals surface area contributed by atoms with Crippen molar-refractivity contribution in [3.05, 3.63) is 83.2 Å². The van der Waals surface area contributed by atoms with Crippen LogP contribution in [0.15, 0.2) is 62.1 Å². The predicted molar refractivity (Wildman–Crippen MR) is 118 cm³/mol. The minimum atomic E-state index is -0.639. The van der Waals surface area contributed by atoms with Gasteiger partial charge in [0.15, 0.2) is 4.80 Å². The molecule has 1 aliphatic rings. The van der Waals surface area contributed by atoms with Crippen LogP contribution in [0.4, 0.5) is 0 Å². The van der Waals surface area contributed by atoms with E-state index in [1.807, 2.05) is 47.2 Å². The number of ether oxygens (including phenoxy) is 2. The van der Waals surface area contributed by atoms with Crippen LogP contribution in [0.2, 0.25) is 0 Å². The lowest BCUT2D eigenvalue weighted by Crippen LogP contribution is -2.39. The minimum absolute atomic E-state index is 0.188. The zero-order valence-corrected chi connectivity index (χ0v) is 18.4. The van der Waals surface area contributed by atoms with Crippen LogP contribution in [-0.2, 0) is 9.53 Å². The number of benzene rings is 1. The predicted octanol–water partition coefficient (Wildman–Crippen LogP) is 2.87. The minimum Gasteiger partial charge on any atom is -0.497 e. The number of carbonyl (C=O) groups excluding carboxylic acids is 1. The average Bonchev–Trinajstić information content (AvgIpc) is 3.35. The molecule has 0 aliphatic carbocycles. The third kappa shape index (κ3) is 3.64. The molecular formula is C22H20N2O4S2. The Kier molecular flexibility index (Phi) is 5.69. The summed E-state index contributed by atoms with van der Waals surface area (Å²) in [5.74, 6) is 0.171. The Hall–Kier alpha value is -2.97. The van der Waals surface area contributed by atoms with Crippen LogP contribution >= 0.6 is 22.7 Å². The van der Waals surface area contributed by atoms with Crippen molar-refractivity contribution in [3.63, 3.8) is 0 Å². The Balaban J connectivity index is 1.98. The highest BCUT2D eigenvalue weighted by Gasteiger charge is 2.33. The molecule has 4 rings (SSSR count). The van der Waals surface area contributed by atoms with Crippen LogP contribution in [0.1, 0.15) is 31.0 Å². The largest absolute Gasteiger partial charge is 0.497 e. The van der Waals surface area contributed by atoms with Crippen molar-refractivity contribution in [2.75, 3.05) is 13.7 Å². The average molecular weight is 441 g/mol. The molecule has 3 aromatic rings. The van der Waals surface area contributed by atoms with E-state index >= 15 is 0 Å². The van der Waals surface area contributed by atoms with Gasteiger partial charge in [0.25, 0.3) is 5.56 Å². The molecule has 6 nitrogen and oxygen atoms in total. The first kappa shape index (κ1) is 20.3. The molecule has 0 spiro atoms. The second-order valence-corrected chi connectivity index (χ2v) is 8.42. The van der Waals surface area contributed by atoms with Gasteiger partial charge in [-0.05, 0) is 60.0 Å². The molecule has 0 saturated heterocycles. The lowest BCUT2D eigenvalue weighted by Gasteiger charge is -2.24. The van der Waals surface area contributed by atoms with E-state index in [9.17, 15) is 9.59 Å². The molecule has 154 valence electrons. The molecule has 0 saturated carbocycles. The molecule has 0 N–H and O–H groups in total. The van der Waals surface area contributed by atoms with Gasteiger partial charge in [-0.1, -0.05) is 23.5 Å². The number of fused-ring (bicyclic) bond motifs is 1. The molecule has 1 atom stereocenters. The normalized spacial score (nSPS) is 16.2. The van der Waals surface area contributed by atoms with E-state index in [1.54, 1.807) is 36.9 Å². The van der Waals surface area contributed by atoms with Gasteiger partial charge >= 0.3 is 5.97 Å². The summed E-state index contributed by atoms with van der Waals surface area (Å²) >= 11 is 2.88. The number of esters is 1. The van der Waals surface area contributed by atoms with Crippen molar-refractivity contribution in [1.29, 1.82) is 0 Å². The number of carbonyl (C=O) groups is 1. The number of hydrogen-bond acceptors (Lipinski definition) is 7. The van der Waals surface area contributed by atoms with Gasteiger partial charge < -0.3 is 9.47 Å². The molecule has 0 unspecified atom stereocenters. The first-order valence-corrected chi connectivity index (χ1v) is 11.1. The van der Waals surface area contributed by atoms with Crippen LogP contribution in [0.3, 0.4) is 0 Å². The number of rotatable bonds is 5. The maximum Gasteiger partial charge on any atom is 0.338 e. The third-order valence-electron chi connectivity index (χ3n) is 4.77. The van der Waals surface area contributed by atoms with Crippen molar-refractivity contribution in [2.45, 2.75) is 19.9 Å². The van der Waals surface area contributed by atoms with Gasteiger partial charge in [0.05, 0.1) is 35.6 Å². The van der Waals surface area contributed by atoms with Crippen LogP contribution in [0.5, 0.6) is 5.75 Å². The summed E-state index contributed by atoms with van der Waals surface area (Å²) in [6.07, 6.45) is 1.85. The lowest BCUT2D eigenvalue weighted by molar-refractivity contribution is -0.139. The van der Waals surface area contributed by atoms with Crippen molar-refractivity contribution >= 4 is 34.7 Å². The fraction of sp³-hybridized carbons (Fsp3) is 0.227. The van der Waals surface area contributed by atoms with Crippen LogP contribution in [-0.4, -0.2) is 24.3 Å². The Morgan fingerprint density at radius 3 is 2.87 bits per heavy atom. The topological polar surface area (TPSA) is 69.9 Å². The van der Waals surface area contributed by atoms with Crippen LogP contribution in [0, 0.1) is 0 Å². The summed E-state index contributed by atoms with van der Waals surface area (Å²) in [6, 6.07) is 8.69. The van der Waals surface area contributed by atoms with Gasteiger partial charge in [-0.2, -0.15) is 11.3 Å². The number of thiazole rings is 1. The number of thiophene rings is 1. The van der Waals surface area contributed by atoms with Crippen molar-refractivity contribution in [3.8, 4) is 5.75 Å². The second kappa shape index (κ2) is 8.41. The van der Waals surface area contributed by atoms with E-state index in [0.29, 0.717) is 26.4 Å². The van der Waals surface area contributed by atoms with E-state index in [2.05, 4.69) is 4.99 Å². The zero-order valence-electron chi connectivity index (χ0n) is 16.7. The highest BCUT2D eigenvalue weighted by molar-refractivity contribution is 7.08. The van der Waals surface area contributed by atoms with Crippen molar-refractivity contribution in [2.24, 2.45) is 4.99 Å². The zero-order chi connectivity index (χ0) is 21.3. The Morgan fingerprint density at radius 2 is 2.17 bits per heavy atom. The first-order valence-electron chi connectivity index (χ1n) is 9.39. The summed E-state index contributed by atoms with van der Waals surface area (Å²) in [5, 5.41) is 3.94. The molecule has 2 aromatic heterocycles. The first-order chi connectivity index (χ1) is 14.5. The fourth-order valence-electron chi connectivity index (χ4n) is 3.43. The fourth-order valence-corrected chi connectivity index (χ4v) is 5.09. The molecule has 0 fully saturated rings. The molecule has 1 aromatic carbocycles. The van der Waals surface area contributed by atoms with E-state index in [1.165, 1.54) is 11.3 Å². The van der Waals surface area contributed by atoms with E-state index < -0.39 is 12.0 Å². The Labute approximate surface area is 181 Å². The van der Waals surface area contributed by atoms with E-state index in [-0.39, 0.29) is 12.2 Å². The molecule has 3 heterocycles. The highest BCUT2D eigenvalue weighted by Crippen LogP contribution is 2.32. The van der Waals surface area contributed by atoms with Gasteiger partial charge in [-0.25, -0.2) is 9.79 Å². The molecule has 0 radical (unpaired) electrons. The number of hydrogen-bond donors (Lipinski definition) is 0. The Morgan fingerprint density at radius 1 is 1.33 bits per heavy atom. The van der Waals surface area contributed by atoms with Gasteiger partial charge in [0.1, 0.15) is 5.75 Å².